The Morgan fingerprint density at radius 2 is 1.24 bits per heavy atom. The second-order valence-corrected chi connectivity index (χ2v) is 8.53. The van der Waals surface area contributed by atoms with Crippen LogP contribution in [-0.2, 0) is 9.59 Å². The van der Waals surface area contributed by atoms with Gasteiger partial charge in [-0.25, -0.2) is 0 Å². The van der Waals surface area contributed by atoms with E-state index in [1.807, 2.05) is 39.0 Å². The zero-order valence-corrected chi connectivity index (χ0v) is 19.6. The lowest BCUT2D eigenvalue weighted by Gasteiger charge is -2.11. The van der Waals surface area contributed by atoms with E-state index in [-0.39, 0.29) is 24.3 Å². The van der Waals surface area contributed by atoms with Gasteiger partial charge in [0.25, 0.3) is 5.91 Å². The summed E-state index contributed by atoms with van der Waals surface area (Å²) in [6.07, 6.45) is 0.463. The Kier molecular flexibility index (Phi) is 8.40. The molecule has 0 saturated carbocycles. The lowest BCUT2D eigenvalue weighted by atomic mass is 10.1. The second kappa shape index (κ2) is 11.7. The van der Waals surface area contributed by atoms with Crippen molar-refractivity contribution in [3.8, 4) is 0 Å². The van der Waals surface area contributed by atoms with Gasteiger partial charge in [-0.1, -0.05) is 31.5 Å². The van der Waals surface area contributed by atoms with Gasteiger partial charge in [-0.05, 0) is 73.5 Å². The average Bonchev–Trinajstić information content (AvgIpc) is 2.79. The Balaban J connectivity index is 1.45. The third kappa shape index (κ3) is 7.78. The Bertz CT molecular complexity index is 1140. The van der Waals surface area contributed by atoms with Crippen molar-refractivity contribution >= 4 is 40.5 Å². The summed E-state index contributed by atoms with van der Waals surface area (Å²) < 4.78 is 0. The molecule has 0 aliphatic heterocycles. The molecule has 0 spiro atoms. The van der Waals surface area contributed by atoms with E-state index in [4.69, 9.17) is 0 Å². The lowest BCUT2D eigenvalue weighted by Crippen LogP contribution is -2.21. The first-order valence-corrected chi connectivity index (χ1v) is 11.2. The number of benzene rings is 3. The largest absolute Gasteiger partial charge is 0.376 e. The fraction of sp³-hybridized carbons (Fsp3) is 0.222. The van der Waals surface area contributed by atoms with Crippen molar-refractivity contribution in [3.05, 3.63) is 83.9 Å². The number of nitrogens with one attached hydrogen (secondary N) is 4. The molecule has 0 aliphatic carbocycles. The van der Waals surface area contributed by atoms with Crippen LogP contribution in [0.1, 0.15) is 36.2 Å². The summed E-state index contributed by atoms with van der Waals surface area (Å²) in [6.45, 7) is 6.01. The molecule has 0 bridgehead atoms. The molecule has 3 amide bonds. The van der Waals surface area contributed by atoms with Crippen LogP contribution in [0.25, 0.3) is 0 Å². The lowest BCUT2D eigenvalue weighted by molar-refractivity contribution is -0.117. The van der Waals surface area contributed by atoms with Crippen LogP contribution in [0, 0.1) is 12.8 Å². The topological polar surface area (TPSA) is 99.3 Å². The van der Waals surface area contributed by atoms with Crippen molar-refractivity contribution in [1.29, 1.82) is 0 Å². The zero-order chi connectivity index (χ0) is 24.5. The SMILES string of the molecule is Cc1cccc(C(=O)Nc2ccc(NCC(=O)Nc3ccc(NC(=O)CC(C)C)cc3)cc2)c1. The third-order valence-corrected chi connectivity index (χ3v) is 4.92. The molecule has 3 rings (SSSR count). The van der Waals surface area contributed by atoms with Crippen molar-refractivity contribution in [2.24, 2.45) is 5.92 Å². The number of anilines is 4. The van der Waals surface area contributed by atoms with E-state index < -0.39 is 0 Å². The van der Waals surface area contributed by atoms with Gasteiger partial charge in [0.05, 0.1) is 6.54 Å². The second-order valence-electron chi connectivity index (χ2n) is 8.53. The molecular formula is C27H30N4O3. The predicted octanol–water partition coefficient (Wildman–Crippen LogP) is 5.28. The minimum atomic E-state index is -0.201. The molecule has 176 valence electrons. The van der Waals surface area contributed by atoms with Gasteiger partial charge in [0.1, 0.15) is 0 Å². The van der Waals surface area contributed by atoms with Crippen molar-refractivity contribution in [3.63, 3.8) is 0 Å². The monoisotopic (exact) mass is 458 g/mol. The smallest absolute Gasteiger partial charge is 0.255 e. The summed E-state index contributed by atoms with van der Waals surface area (Å²) in [6, 6.07) is 21.5. The van der Waals surface area contributed by atoms with Gasteiger partial charge in [0.2, 0.25) is 11.8 Å². The number of hydrogen-bond acceptors (Lipinski definition) is 4. The Hall–Kier alpha value is -4.13. The van der Waals surface area contributed by atoms with Crippen molar-refractivity contribution in [1.82, 2.24) is 0 Å². The maximum absolute atomic E-state index is 12.4. The molecular weight excluding hydrogens is 428 g/mol. The Morgan fingerprint density at radius 1 is 0.706 bits per heavy atom. The molecule has 0 atom stereocenters. The van der Waals surface area contributed by atoms with E-state index in [2.05, 4.69) is 21.3 Å². The molecule has 3 aromatic rings. The summed E-state index contributed by atoms with van der Waals surface area (Å²) in [5.41, 5.74) is 4.38. The van der Waals surface area contributed by atoms with E-state index in [1.165, 1.54) is 0 Å². The number of hydrogen-bond donors (Lipinski definition) is 4. The summed E-state index contributed by atoms with van der Waals surface area (Å²) in [5, 5.41) is 11.6. The highest BCUT2D eigenvalue weighted by molar-refractivity contribution is 6.04. The molecule has 0 heterocycles. The molecule has 7 nitrogen and oxygen atoms in total. The molecule has 3 aromatic carbocycles. The quantitative estimate of drug-likeness (QED) is 0.350. The van der Waals surface area contributed by atoms with E-state index in [1.54, 1.807) is 54.6 Å². The highest BCUT2D eigenvalue weighted by atomic mass is 16.2. The third-order valence-electron chi connectivity index (χ3n) is 4.92. The minimum Gasteiger partial charge on any atom is -0.376 e. The van der Waals surface area contributed by atoms with Crippen molar-refractivity contribution < 1.29 is 14.4 Å². The summed E-state index contributed by atoms with van der Waals surface area (Å²) in [7, 11) is 0. The van der Waals surface area contributed by atoms with Gasteiger partial charge in [-0.2, -0.15) is 0 Å². The normalized spacial score (nSPS) is 10.5. The van der Waals surface area contributed by atoms with Crippen LogP contribution in [0.5, 0.6) is 0 Å². The maximum Gasteiger partial charge on any atom is 0.255 e. The highest BCUT2D eigenvalue weighted by Gasteiger charge is 2.08. The molecule has 0 radical (unpaired) electrons. The number of aryl methyl sites for hydroxylation is 1. The summed E-state index contributed by atoms with van der Waals surface area (Å²) >= 11 is 0. The summed E-state index contributed by atoms with van der Waals surface area (Å²) in [4.78, 5) is 36.5. The first kappa shape index (κ1) is 24.5. The Morgan fingerprint density at radius 3 is 1.79 bits per heavy atom. The van der Waals surface area contributed by atoms with Crippen molar-refractivity contribution in [2.75, 3.05) is 27.8 Å². The molecule has 0 unspecified atom stereocenters. The van der Waals surface area contributed by atoms with Crippen molar-refractivity contribution in [2.45, 2.75) is 27.2 Å². The zero-order valence-electron chi connectivity index (χ0n) is 19.6. The van der Waals surface area contributed by atoms with E-state index >= 15 is 0 Å². The van der Waals surface area contributed by atoms with Crippen LogP contribution >= 0.6 is 0 Å². The standard InChI is InChI=1S/C27H30N4O3/c1-18(2)15-25(32)29-22-11-13-23(14-12-22)30-26(33)17-28-21-7-9-24(10-8-21)31-27(34)20-6-4-5-19(3)16-20/h4-14,16,18,28H,15,17H2,1-3H3,(H,29,32)(H,30,33)(H,31,34). The van der Waals surface area contributed by atoms with Gasteiger partial charge < -0.3 is 21.3 Å². The maximum atomic E-state index is 12.4. The molecule has 0 fully saturated rings. The van der Waals surface area contributed by atoms with Gasteiger partial charge >= 0.3 is 0 Å². The number of rotatable bonds is 9. The van der Waals surface area contributed by atoms with E-state index in [0.717, 1.165) is 11.3 Å². The van der Waals surface area contributed by atoms with Crippen LogP contribution in [0.2, 0.25) is 0 Å². The first-order valence-electron chi connectivity index (χ1n) is 11.2. The summed E-state index contributed by atoms with van der Waals surface area (Å²) in [5.74, 6) is -0.112. The molecule has 0 aromatic heterocycles. The van der Waals surface area contributed by atoms with Gasteiger partial charge in [-0.15, -0.1) is 0 Å². The molecule has 7 heteroatoms. The number of amides is 3. The molecule has 0 aliphatic rings. The van der Waals surface area contributed by atoms with Crippen LogP contribution in [0.4, 0.5) is 22.7 Å². The fourth-order valence-electron chi connectivity index (χ4n) is 3.27. The van der Waals surface area contributed by atoms with Crippen LogP contribution < -0.4 is 21.3 Å². The van der Waals surface area contributed by atoms with Crippen LogP contribution in [-0.4, -0.2) is 24.3 Å². The average molecular weight is 459 g/mol. The fourth-order valence-corrected chi connectivity index (χ4v) is 3.27. The van der Waals surface area contributed by atoms with Gasteiger partial charge in [0.15, 0.2) is 0 Å². The van der Waals surface area contributed by atoms with Gasteiger partial charge in [0, 0.05) is 34.7 Å². The van der Waals surface area contributed by atoms with E-state index in [9.17, 15) is 14.4 Å². The number of carbonyl (C=O) groups is 3. The highest BCUT2D eigenvalue weighted by Crippen LogP contribution is 2.16. The predicted molar refractivity (Wildman–Crippen MR) is 137 cm³/mol. The number of carbonyl (C=O) groups excluding carboxylic acids is 3. The van der Waals surface area contributed by atoms with Crippen LogP contribution in [0.3, 0.4) is 0 Å². The molecule has 4 N–H and O–H groups in total. The molecule has 0 saturated heterocycles. The first-order chi connectivity index (χ1) is 16.3. The van der Waals surface area contributed by atoms with Gasteiger partial charge in [-0.3, -0.25) is 14.4 Å². The van der Waals surface area contributed by atoms with E-state index in [0.29, 0.717) is 35.0 Å². The van der Waals surface area contributed by atoms with Crippen LogP contribution in [0.15, 0.2) is 72.8 Å². The molecule has 34 heavy (non-hydrogen) atoms. The minimum absolute atomic E-state index is 0.0308. The Labute approximate surface area is 200 Å².